The molecule has 0 amide bonds. The lowest BCUT2D eigenvalue weighted by Crippen LogP contribution is -2.42. The van der Waals surface area contributed by atoms with Gasteiger partial charge in [0.25, 0.3) is 0 Å². The van der Waals surface area contributed by atoms with Gasteiger partial charge in [-0.25, -0.2) is 0 Å². The summed E-state index contributed by atoms with van der Waals surface area (Å²) >= 11 is 0. The summed E-state index contributed by atoms with van der Waals surface area (Å²) in [7, 11) is -1.94. The van der Waals surface area contributed by atoms with Crippen LogP contribution in [0.1, 0.15) is 33.6 Å². The Morgan fingerprint density at radius 3 is 2.14 bits per heavy atom. The molecule has 0 bridgehead atoms. The topological polar surface area (TPSA) is 18.5 Å². The molecular weight excluding hydrogens is 192 g/mol. The van der Waals surface area contributed by atoms with Gasteiger partial charge in [0, 0.05) is 13.2 Å². The van der Waals surface area contributed by atoms with Crippen LogP contribution in [0, 0.1) is 0 Å². The van der Waals surface area contributed by atoms with Crippen LogP contribution in [-0.2, 0) is 8.85 Å². The molecule has 0 aliphatic rings. The Morgan fingerprint density at radius 1 is 1.29 bits per heavy atom. The molecule has 0 spiro atoms. The summed E-state index contributed by atoms with van der Waals surface area (Å²) in [5.74, 6) is 0. The second-order valence-electron chi connectivity index (χ2n) is 3.65. The molecule has 0 fully saturated rings. The van der Waals surface area contributed by atoms with Gasteiger partial charge in [0.1, 0.15) is 0 Å². The molecule has 0 aliphatic carbocycles. The fourth-order valence-corrected chi connectivity index (χ4v) is 4.02. The van der Waals surface area contributed by atoms with Gasteiger partial charge in [-0.05, 0) is 38.8 Å². The molecule has 0 radical (unpaired) electrons. The lowest BCUT2D eigenvalue weighted by atomic mass is 10.2. The fourth-order valence-electron chi connectivity index (χ4n) is 1.53. The summed E-state index contributed by atoms with van der Waals surface area (Å²) < 4.78 is 11.6. The number of allylic oxidation sites excluding steroid dienone is 1. The van der Waals surface area contributed by atoms with E-state index in [0.717, 1.165) is 26.1 Å². The molecular formula is C11H24O2Si. The standard InChI is InChI=1S/C11H24O2Si/c1-6-9-10-11(4)14(5,12-7-2)13-8-3/h6,11H,1,7-10H2,2-5H3. The van der Waals surface area contributed by atoms with Crippen LogP contribution < -0.4 is 0 Å². The molecule has 0 heterocycles. The molecule has 0 saturated heterocycles. The van der Waals surface area contributed by atoms with Gasteiger partial charge in [0.2, 0.25) is 0 Å². The Kier molecular flexibility index (Phi) is 7.14. The average Bonchev–Trinajstić information content (AvgIpc) is 2.15. The minimum absolute atomic E-state index is 0.528. The van der Waals surface area contributed by atoms with Gasteiger partial charge in [-0.15, -0.1) is 6.58 Å². The van der Waals surface area contributed by atoms with Crippen molar-refractivity contribution < 1.29 is 8.85 Å². The SMILES string of the molecule is C=CCCC(C)[Si](C)(OCC)OCC. The molecule has 0 saturated carbocycles. The summed E-state index contributed by atoms with van der Waals surface area (Å²) in [5, 5.41) is 0. The highest BCUT2D eigenvalue weighted by atomic mass is 28.4. The van der Waals surface area contributed by atoms with Crippen LogP contribution in [0.5, 0.6) is 0 Å². The van der Waals surface area contributed by atoms with E-state index < -0.39 is 8.56 Å². The molecule has 14 heavy (non-hydrogen) atoms. The first-order valence-corrected chi connectivity index (χ1v) is 7.88. The molecule has 1 atom stereocenters. The van der Waals surface area contributed by atoms with Gasteiger partial charge in [-0.2, -0.15) is 0 Å². The zero-order valence-electron chi connectivity index (χ0n) is 10.0. The maximum absolute atomic E-state index is 5.81. The van der Waals surface area contributed by atoms with E-state index in [9.17, 15) is 0 Å². The number of hydrogen-bond donors (Lipinski definition) is 0. The Labute approximate surface area is 89.6 Å². The molecule has 0 aromatic carbocycles. The zero-order chi connectivity index (χ0) is 11.0. The minimum Gasteiger partial charge on any atom is -0.394 e. The average molecular weight is 216 g/mol. The first-order chi connectivity index (χ1) is 6.60. The van der Waals surface area contributed by atoms with Gasteiger partial charge in [-0.1, -0.05) is 13.0 Å². The van der Waals surface area contributed by atoms with E-state index in [-0.39, 0.29) is 0 Å². The van der Waals surface area contributed by atoms with Crippen molar-refractivity contribution in [3.8, 4) is 0 Å². The van der Waals surface area contributed by atoms with Crippen LogP contribution in [0.3, 0.4) is 0 Å². The third kappa shape index (κ3) is 4.40. The van der Waals surface area contributed by atoms with Crippen LogP contribution in [0.15, 0.2) is 12.7 Å². The van der Waals surface area contributed by atoms with Gasteiger partial charge in [0.05, 0.1) is 0 Å². The van der Waals surface area contributed by atoms with Crippen LogP contribution in [0.4, 0.5) is 0 Å². The molecule has 0 aromatic rings. The van der Waals surface area contributed by atoms with Crippen molar-refractivity contribution in [3.63, 3.8) is 0 Å². The predicted octanol–water partition coefficient (Wildman–Crippen LogP) is 3.49. The lowest BCUT2D eigenvalue weighted by Gasteiger charge is -2.31. The summed E-state index contributed by atoms with van der Waals surface area (Å²) in [6.07, 6.45) is 4.12. The maximum atomic E-state index is 5.81. The minimum atomic E-state index is -1.94. The second kappa shape index (κ2) is 7.21. The smallest absolute Gasteiger partial charge is 0.337 e. The lowest BCUT2D eigenvalue weighted by molar-refractivity contribution is 0.179. The van der Waals surface area contributed by atoms with Crippen molar-refractivity contribution in [2.45, 2.75) is 45.7 Å². The van der Waals surface area contributed by atoms with Crippen LogP contribution in [-0.4, -0.2) is 21.8 Å². The molecule has 0 N–H and O–H groups in total. The van der Waals surface area contributed by atoms with Crippen molar-refractivity contribution in [1.29, 1.82) is 0 Å². The first kappa shape index (κ1) is 13.9. The van der Waals surface area contributed by atoms with Crippen molar-refractivity contribution in [2.24, 2.45) is 0 Å². The molecule has 0 aliphatic heterocycles. The number of rotatable bonds is 8. The van der Waals surface area contributed by atoms with Crippen molar-refractivity contribution in [2.75, 3.05) is 13.2 Å². The van der Waals surface area contributed by atoms with Gasteiger partial charge in [-0.3, -0.25) is 0 Å². The van der Waals surface area contributed by atoms with Crippen LogP contribution in [0.2, 0.25) is 12.1 Å². The van der Waals surface area contributed by atoms with Crippen molar-refractivity contribution in [1.82, 2.24) is 0 Å². The highest BCUT2D eigenvalue weighted by molar-refractivity contribution is 6.67. The van der Waals surface area contributed by atoms with Crippen LogP contribution >= 0.6 is 0 Å². The van der Waals surface area contributed by atoms with Crippen molar-refractivity contribution >= 4 is 8.56 Å². The normalized spacial score (nSPS) is 14.0. The van der Waals surface area contributed by atoms with E-state index >= 15 is 0 Å². The Morgan fingerprint density at radius 2 is 1.79 bits per heavy atom. The molecule has 1 unspecified atom stereocenters. The molecule has 84 valence electrons. The van der Waals surface area contributed by atoms with E-state index in [1.807, 2.05) is 19.9 Å². The summed E-state index contributed by atoms with van der Waals surface area (Å²) in [6.45, 7) is 13.7. The van der Waals surface area contributed by atoms with Crippen molar-refractivity contribution in [3.05, 3.63) is 12.7 Å². The third-order valence-electron chi connectivity index (χ3n) is 2.56. The third-order valence-corrected chi connectivity index (χ3v) is 6.36. The van der Waals surface area contributed by atoms with E-state index in [1.165, 1.54) is 0 Å². The predicted molar refractivity (Wildman–Crippen MR) is 63.7 cm³/mol. The zero-order valence-corrected chi connectivity index (χ0v) is 11.0. The fraction of sp³-hybridized carbons (Fsp3) is 0.818. The Balaban J connectivity index is 4.21. The van der Waals surface area contributed by atoms with E-state index in [1.54, 1.807) is 0 Å². The molecule has 0 aromatic heterocycles. The largest absolute Gasteiger partial charge is 0.394 e. The quantitative estimate of drug-likeness (QED) is 0.457. The van der Waals surface area contributed by atoms with Crippen LogP contribution in [0.25, 0.3) is 0 Å². The Bertz CT molecular complexity index is 153. The first-order valence-electron chi connectivity index (χ1n) is 5.49. The summed E-state index contributed by atoms with van der Waals surface area (Å²) in [6, 6.07) is 0. The summed E-state index contributed by atoms with van der Waals surface area (Å²) in [4.78, 5) is 0. The highest BCUT2D eigenvalue weighted by Crippen LogP contribution is 2.28. The summed E-state index contributed by atoms with van der Waals surface area (Å²) in [5.41, 5.74) is 0.528. The number of hydrogen-bond acceptors (Lipinski definition) is 2. The maximum Gasteiger partial charge on any atom is 0.337 e. The molecule has 0 rings (SSSR count). The Hall–Kier alpha value is -0.123. The second-order valence-corrected chi connectivity index (χ2v) is 7.24. The van der Waals surface area contributed by atoms with E-state index in [0.29, 0.717) is 5.54 Å². The van der Waals surface area contributed by atoms with Gasteiger partial charge >= 0.3 is 8.56 Å². The highest BCUT2D eigenvalue weighted by Gasteiger charge is 2.37. The van der Waals surface area contributed by atoms with Gasteiger partial charge < -0.3 is 8.85 Å². The van der Waals surface area contributed by atoms with Gasteiger partial charge in [0.15, 0.2) is 0 Å². The van der Waals surface area contributed by atoms with E-state index in [2.05, 4.69) is 20.0 Å². The monoisotopic (exact) mass is 216 g/mol. The molecule has 3 heteroatoms. The molecule has 2 nitrogen and oxygen atoms in total. The van der Waals surface area contributed by atoms with E-state index in [4.69, 9.17) is 8.85 Å².